The van der Waals surface area contributed by atoms with Crippen molar-refractivity contribution in [3.63, 3.8) is 0 Å². The molecule has 2 heterocycles. The van der Waals surface area contributed by atoms with Crippen LogP contribution < -0.4 is 5.32 Å². The number of anilines is 1. The van der Waals surface area contributed by atoms with E-state index < -0.39 is 10.0 Å². The van der Waals surface area contributed by atoms with E-state index in [4.69, 9.17) is 0 Å². The molecule has 0 radical (unpaired) electrons. The number of aromatic amines is 1. The Bertz CT molecular complexity index is 1060. The zero-order valence-electron chi connectivity index (χ0n) is 15.8. The van der Waals surface area contributed by atoms with Crippen molar-refractivity contribution in [2.24, 2.45) is 0 Å². The van der Waals surface area contributed by atoms with Gasteiger partial charge in [0.15, 0.2) is 0 Å². The molecule has 0 aliphatic carbocycles. The van der Waals surface area contributed by atoms with Crippen molar-refractivity contribution in [1.82, 2.24) is 14.3 Å². The molecule has 1 amide bonds. The fourth-order valence-electron chi connectivity index (χ4n) is 3.52. The van der Waals surface area contributed by atoms with E-state index in [1.165, 1.54) is 16.4 Å². The predicted molar refractivity (Wildman–Crippen MR) is 110 cm³/mol. The first-order valence-electron chi connectivity index (χ1n) is 9.50. The van der Waals surface area contributed by atoms with Crippen LogP contribution in [0.3, 0.4) is 0 Å². The molecule has 150 valence electrons. The standard InChI is InChI=1S/C21H22N4O3S/c26-21(24-18-4-2-1-3-5-18)17-6-8-19(9-7-17)29(27,28)25-14-10-16(11-15-25)20-22-12-13-23-20/h1-9,12-13,16H,10-11,14-15H2,(H,22,23)(H,24,26). The van der Waals surface area contributed by atoms with E-state index >= 15 is 0 Å². The Morgan fingerprint density at radius 1 is 1.03 bits per heavy atom. The third-order valence-corrected chi connectivity index (χ3v) is 7.06. The molecule has 1 aliphatic rings. The number of para-hydroxylation sites is 1. The van der Waals surface area contributed by atoms with Gasteiger partial charge >= 0.3 is 0 Å². The van der Waals surface area contributed by atoms with Crippen molar-refractivity contribution in [3.05, 3.63) is 78.4 Å². The van der Waals surface area contributed by atoms with Crippen molar-refractivity contribution >= 4 is 21.6 Å². The predicted octanol–water partition coefficient (Wildman–Crippen LogP) is 3.23. The van der Waals surface area contributed by atoms with Crippen molar-refractivity contribution in [3.8, 4) is 0 Å². The van der Waals surface area contributed by atoms with Crippen LogP contribution in [0.2, 0.25) is 0 Å². The fraction of sp³-hybridized carbons (Fsp3) is 0.238. The number of H-pyrrole nitrogens is 1. The number of amides is 1. The van der Waals surface area contributed by atoms with Gasteiger partial charge in [0, 0.05) is 42.7 Å². The number of hydrogen-bond donors (Lipinski definition) is 2. The second kappa shape index (κ2) is 8.18. The maximum Gasteiger partial charge on any atom is 0.255 e. The Balaban J connectivity index is 1.42. The van der Waals surface area contributed by atoms with Gasteiger partial charge in [-0.05, 0) is 49.2 Å². The number of imidazole rings is 1. The minimum Gasteiger partial charge on any atom is -0.348 e. The summed E-state index contributed by atoms with van der Waals surface area (Å²) < 4.78 is 27.4. The van der Waals surface area contributed by atoms with E-state index in [-0.39, 0.29) is 16.7 Å². The zero-order chi connectivity index (χ0) is 20.3. The summed E-state index contributed by atoms with van der Waals surface area (Å²) in [4.78, 5) is 19.9. The Hall–Kier alpha value is -2.97. The molecule has 3 aromatic rings. The van der Waals surface area contributed by atoms with E-state index in [0.717, 1.165) is 18.7 Å². The second-order valence-electron chi connectivity index (χ2n) is 7.00. The summed E-state index contributed by atoms with van der Waals surface area (Å²) in [5.41, 5.74) is 1.10. The molecule has 1 aromatic heterocycles. The minimum absolute atomic E-state index is 0.199. The van der Waals surface area contributed by atoms with E-state index in [2.05, 4.69) is 15.3 Å². The quantitative estimate of drug-likeness (QED) is 0.675. The number of nitrogens with one attached hydrogen (secondary N) is 2. The van der Waals surface area contributed by atoms with Gasteiger partial charge in [-0.3, -0.25) is 4.79 Å². The van der Waals surface area contributed by atoms with Crippen LogP contribution >= 0.6 is 0 Å². The van der Waals surface area contributed by atoms with Crippen LogP contribution in [0.5, 0.6) is 0 Å². The summed E-state index contributed by atoms with van der Waals surface area (Å²) in [7, 11) is -3.58. The van der Waals surface area contributed by atoms with E-state index in [9.17, 15) is 13.2 Å². The van der Waals surface area contributed by atoms with Gasteiger partial charge in [0.05, 0.1) is 4.90 Å². The van der Waals surface area contributed by atoms with Gasteiger partial charge in [-0.15, -0.1) is 0 Å². The van der Waals surface area contributed by atoms with Crippen molar-refractivity contribution in [2.45, 2.75) is 23.7 Å². The highest BCUT2D eigenvalue weighted by Crippen LogP contribution is 2.29. The Morgan fingerprint density at radius 3 is 2.34 bits per heavy atom. The van der Waals surface area contributed by atoms with E-state index in [0.29, 0.717) is 24.3 Å². The largest absolute Gasteiger partial charge is 0.348 e. The Labute approximate surface area is 169 Å². The average molecular weight is 410 g/mol. The maximum absolute atomic E-state index is 13.0. The highest BCUT2D eigenvalue weighted by molar-refractivity contribution is 7.89. The molecule has 0 unspecified atom stereocenters. The highest BCUT2D eigenvalue weighted by Gasteiger charge is 2.30. The number of benzene rings is 2. The molecule has 1 aliphatic heterocycles. The molecule has 0 atom stereocenters. The Morgan fingerprint density at radius 2 is 1.72 bits per heavy atom. The minimum atomic E-state index is -3.58. The number of carbonyl (C=O) groups excluding carboxylic acids is 1. The second-order valence-corrected chi connectivity index (χ2v) is 8.94. The SMILES string of the molecule is O=C(Nc1ccccc1)c1ccc(S(=O)(=O)N2CCC(c3ncc[nH]3)CC2)cc1. The number of hydrogen-bond acceptors (Lipinski definition) is 4. The summed E-state index contributed by atoms with van der Waals surface area (Å²) in [6, 6.07) is 15.2. The molecule has 4 rings (SSSR count). The maximum atomic E-state index is 13.0. The summed E-state index contributed by atoms with van der Waals surface area (Å²) in [5.74, 6) is 0.885. The third-order valence-electron chi connectivity index (χ3n) is 5.15. The number of nitrogens with zero attached hydrogens (tertiary/aromatic N) is 2. The zero-order valence-corrected chi connectivity index (χ0v) is 16.6. The van der Waals surface area contributed by atoms with Crippen molar-refractivity contribution < 1.29 is 13.2 Å². The molecule has 0 saturated carbocycles. The van der Waals surface area contributed by atoms with Crippen LogP contribution in [-0.4, -0.2) is 41.7 Å². The lowest BCUT2D eigenvalue weighted by Crippen LogP contribution is -2.38. The molecular formula is C21H22N4O3S. The van der Waals surface area contributed by atoms with Gasteiger partial charge in [-0.1, -0.05) is 18.2 Å². The van der Waals surface area contributed by atoms with Crippen LogP contribution in [0.1, 0.15) is 34.9 Å². The summed E-state index contributed by atoms with van der Waals surface area (Å²) in [6.07, 6.45) is 4.95. The first-order valence-corrected chi connectivity index (χ1v) is 10.9. The smallest absolute Gasteiger partial charge is 0.255 e. The third kappa shape index (κ3) is 4.23. The lowest BCUT2D eigenvalue weighted by molar-refractivity contribution is 0.102. The Kier molecular flexibility index (Phi) is 5.46. The van der Waals surface area contributed by atoms with Gasteiger partial charge in [-0.25, -0.2) is 13.4 Å². The first-order chi connectivity index (χ1) is 14.0. The monoisotopic (exact) mass is 410 g/mol. The molecule has 2 aromatic carbocycles. The molecule has 7 nitrogen and oxygen atoms in total. The van der Waals surface area contributed by atoms with Crippen LogP contribution in [0.4, 0.5) is 5.69 Å². The number of piperidine rings is 1. The molecule has 29 heavy (non-hydrogen) atoms. The summed E-state index contributed by atoms with van der Waals surface area (Å²) in [5, 5.41) is 2.79. The lowest BCUT2D eigenvalue weighted by atomic mass is 9.98. The molecular weight excluding hydrogens is 388 g/mol. The van der Waals surface area contributed by atoms with Crippen LogP contribution in [0, 0.1) is 0 Å². The topological polar surface area (TPSA) is 95.2 Å². The van der Waals surface area contributed by atoms with E-state index in [1.54, 1.807) is 36.7 Å². The van der Waals surface area contributed by atoms with Gasteiger partial charge in [-0.2, -0.15) is 4.31 Å². The highest BCUT2D eigenvalue weighted by atomic mass is 32.2. The normalized spacial score (nSPS) is 15.9. The lowest BCUT2D eigenvalue weighted by Gasteiger charge is -2.30. The van der Waals surface area contributed by atoms with Crippen LogP contribution in [0.15, 0.2) is 71.9 Å². The fourth-order valence-corrected chi connectivity index (χ4v) is 4.99. The van der Waals surface area contributed by atoms with Gasteiger partial charge in [0.1, 0.15) is 5.82 Å². The van der Waals surface area contributed by atoms with Crippen LogP contribution in [-0.2, 0) is 10.0 Å². The van der Waals surface area contributed by atoms with Gasteiger partial charge < -0.3 is 10.3 Å². The summed E-state index contributed by atoms with van der Waals surface area (Å²) in [6.45, 7) is 0.897. The number of sulfonamides is 1. The average Bonchev–Trinajstić information content (AvgIpc) is 3.30. The number of rotatable bonds is 5. The first kappa shape index (κ1) is 19.4. The van der Waals surface area contributed by atoms with Crippen LogP contribution in [0.25, 0.3) is 0 Å². The van der Waals surface area contributed by atoms with Crippen molar-refractivity contribution in [1.29, 1.82) is 0 Å². The number of aromatic nitrogens is 2. The molecule has 0 spiro atoms. The molecule has 8 heteroatoms. The summed E-state index contributed by atoms with van der Waals surface area (Å²) >= 11 is 0. The number of carbonyl (C=O) groups is 1. The molecule has 2 N–H and O–H groups in total. The van der Waals surface area contributed by atoms with Gasteiger partial charge in [0.2, 0.25) is 10.0 Å². The van der Waals surface area contributed by atoms with Gasteiger partial charge in [0.25, 0.3) is 5.91 Å². The van der Waals surface area contributed by atoms with E-state index in [1.807, 2.05) is 18.2 Å². The van der Waals surface area contributed by atoms with Crippen molar-refractivity contribution in [2.75, 3.05) is 18.4 Å². The molecule has 0 bridgehead atoms. The molecule has 1 fully saturated rings. The molecule has 1 saturated heterocycles.